The maximum atomic E-state index is 4.75. The van der Waals surface area contributed by atoms with E-state index < -0.39 is 0 Å². The largest absolute Gasteiger partial charge is 0.369 e. The van der Waals surface area contributed by atoms with E-state index in [0.29, 0.717) is 13.4 Å². The molecule has 0 rings (SSSR count). The van der Waals surface area contributed by atoms with E-state index in [4.69, 9.17) is 4.74 Å². The number of nitrogens with one attached hydrogen (secondary N) is 1. The molecular weight excluding hydrogens is 142 g/mol. The van der Waals surface area contributed by atoms with Crippen LogP contribution in [0.2, 0.25) is 0 Å². The molecule has 0 heterocycles. The zero-order valence-corrected chi connectivity index (χ0v) is 7.29. The fraction of sp³-hybridized carbons (Fsp3) is 0.714. The summed E-state index contributed by atoms with van der Waals surface area (Å²) in [4.78, 5) is 0. The molecule has 0 aromatic carbocycles. The number of allylic oxidation sites excluding steroid dienone is 2. The zero-order valence-electron chi connectivity index (χ0n) is 7.29. The predicted molar refractivity (Wildman–Crippen MR) is 44.2 cm³/mol. The first-order valence-electron chi connectivity index (χ1n) is 3.51. The Labute approximate surface area is 67.3 Å². The molecule has 0 amide bonds. The molecule has 0 fully saturated rings. The van der Waals surface area contributed by atoms with Crippen molar-refractivity contribution in [3.63, 3.8) is 0 Å². The van der Waals surface area contributed by atoms with Crippen molar-refractivity contribution in [2.45, 2.75) is 13.8 Å². The summed E-state index contributed by atoms with van der Waals surface area (Å²) in [6.45, 7) is 4.84. The number of hydrogen-bond donors (Lipinski definition) is 1. The van der Waals surface area contributed by atoms with E-state index in [1.54, 1.807) is 7.11 Å². The van der Waals surface area contributed by atoms with Crippen LogP contribution in [0.3, 0.4) is 0 Å². The van der Waals surface area contributed by atoms with Crippen molar-refractivity contribution in [3.8, 4) is 0 Å². The van der Waals surface area contributed by atoms with Gasteiger partial charge in [-0.2, -0.15) is 10.2 Å². The smallest absolute Gasteiger partial charge is 0.112 e. The van der Waals surface area contributed by atoms with Gasteiger partial charge < -0.3 is 4.74 Å². The molecule has 4 heteroatoms. The SMILES string of the molecule is C/C=C(C)\N=N/CNCOC. The Morgan fingerprint density at radius 2 is 2.36 bits per heavy atom. The molecule has 0 aliphatic rings. The van der Waals surface area contributed by atoms with E-state index in [1.165, 1.54) is 0 Å². The molecular formula is C7H15N3O. The van der Waals surface area contributed by atoms with E-state index in [0.717, 1.165) is 5.70 Å². The van der Waals surface area contributed by atoms with Crippen LogP contribution in [0.5, 0.6) is 0 Å². The van der Waals surface area contributed by atoms with Gasteiger partial charge in [-0.1, -0.05) is 6.08 Å². The quantitative estimate of drug-likeness (QED) is 0.373. The van der Waals surface area contributed by atoms with Gasteiger partial charge >= 0.3 is 0 Å². The lowest BCUT2D eigenvalue weighted by Crippen LogP contribution is -2.15. The van der Waals surface area contributed by atoms with Crippen LogP contribution in [0.1, 0.15) is 13.8 Å². The van der Waals surface area contributed by atoms with E-state index in [-0.39, 0.29) is 0 Å². The molecule has 0 atom stereocenters. The first-order chi connectivity index (χ1) is 5.31. The Balaban J connectivity index is 3.30. The monoisotopic (exact) mass is 157 g/mol. The van der Waals surface area contributed by atoms with Crippen LogP contribution in [0.25, 0.3) is 0 Å². The second kappa shape index (κ2) is 7.37. The highest BCUT2D eigenvalue weighted by atomic mass is 16.5. The molecule has 0 saturated heterocycles. The number of hydrogen-bond acceptors (Lipinski definition) is 4. The van der Waals surface area contributed by atoms with Crippen LogP contribution < -0.4 is 5.32 Å². The lowest BCUT2D eigenvalue weighted by molar-refractivity contribution is 0.176. The van der Waals surface area contributed by atoms with Crippen LogP contribution in [0.4, 0.5) is 0 Å². The highest BCUT2D eigenvalue weighted by Crippen LogP contribution is 1.92. The molecule has 0 aliphatic heterocycles. The minimum atomic E-state index is 0.499. The molecule has 0 bridgehead atoms. The average Bonchev–Trinajstić information content (AvgIpc) is 2.04. The van der Waals surface area contributed by atoms with Gasteiger partial charge in [0.15, 0.2) is 0 Å². The van der Waals surface area contributed by atoms with Crippen LogP contribution in [0, 0.1) is 0 Å². The fourth-order valence-electron chi connectivity index (χ4n) is 0.402. The topological polar surface area (TPSA) is 46.0 Å². The van der Waals surface area contributed by atoms with Crippen molar-refractivity contribution in [1.29, 1.82) is 0 Å². The molecule has 0 aromatic heterocycles. The number of azo groups is 1. The number of nitrogens with zero attached hydrogens (tertiary/aromatic N) is 2. The predicted octanol–water partition coefficient (Wildman–Crippen LogP) is 1.51. The van der Waals surface area contributed by atoms with Gasteiger partial charge in [-0.25, -0.2) is 0 Å². The number of rotatable bonds is 5. The summed E-state index contributed by atoms with van der Waals surface area (Å²) in [6, 6.07) is 0. The van der Waals surface area contributed by atoms with Gasteiger partial charge in [-0.05, 0) is 13.8 Å². The maximum Gasteiger partial charge on any atom is 0.112 e. The van der Waals surface area contributed by atoms with Crippen molar-refractivity contribution in [2.24, 2.45) is 10.2 Å². The maximum absolute atomic E-state index is 4.75. The van der Waals surface area contributed by atoms with Crippen molar-refractivity contribution < 1.29 is 4.74 Å². The van der Waals surface area contributed by atoms with E-state index in [2.05, 4.69) is 15.5 Å². The summed E-state index contributed by atoms with van der Waals surface area (Å²) < 4.78 is 4.75. The summed E-state index contributed by atoms with van der Waals surface area (Å²) in [7, 11) is 1.63. The molecule has 0 spiro atoms. The molecule has 1 N–H and O–H groups in total. The summed E-state index contributed by atoms with van der Waals surface area (Å²) in [6.07, 6.45) is 1.90. The Morgan fingerprint density at radius 3 is 2.91 bits per heavy atom. The first-order valence-corrected chi connectivity index (χ1v) is 3.51. The van der Waals surface area contributed by atoms with Crippen LogP contribution in [-0.4, -0.2) is 20.5 Å². The van der Waals surface area contributed by atoms with Crippen molar-refractivity contribution >= 4 is 0 Å². The lowest BCUT2D eigenvalue weighted by Gasteiger charge is -1.95. The van der Waals surface area contributed by atoms with Crippen molar-refractivity contribution in [1.82, 2.24) is 5.32 Å². The van der Waals surface area contributed by atoms with Gasteiger partial charge in [0.25, 0.3) is 0 Å². The second-order valence-electron chi connectivity index (χ2n) is 2.01. The van der Waals surface area contributed by atoms with Gasteiger partial charge in [0.2, 0.25) is 0 Å². The Morgan fingerprint density at radius 1 is 1.64 bits per heavy atom. The third-order valence-electron chi connectivity index (χ3n) is 1.08. The number of methoxy groups -OCH3 is 1. The molecule has 4 nitrogen and oxygen atoms in total. The van der Waals surface area contributed by atoms with Gasteiger partial charge in [0.05, 0.1) is 12.4 Å². The molecule has 0 aromatic rings. The van der Waals surface area contributed by atoms with Crippen LogP contribution in [-0.2, 0) is 4.74 Å². The van der Waals surface area contributed by atoms with E-state index >= 15 is 0 Å². The first kappa shape index (κ1) is 10.3. The lowest BCUT2D eigenvalue weighted by atomic mass is 10.5. The van der Waals surface area contributed by atoms with Crippen LogP contribution in [0.15, 0.2) is 22.0 Å². The van der Waals surface area contributed by atoms with Gasteiger partial charge in [0.1, 0.15) is 6.67 Å². The Kier molecular flexibility index (Phi) is 6.87. The summed E-state index contributed by atoms with van der Waals surface area (Å²) in [5.41, 5.74) is 0.921. The fourth-order valence-corrected chi connectivity index (χ4v) is 0.402. The van der Waals surface area contributed by atoms with E-state index in [9.17, 15) is 0 Å². The molecule has 64 valence electrons. The normalized spacial score (nSPS) is 12.8. The third-order valence-corrected chi connectivity index (χ3v) is 1.08. The molecule has 0 unspecified atom stereocenters. The van der Waals surface area contributed by atoms with Crippen molar-refractivity contribution in [3.05, 3.63) is 11.8 Å². The minimum Gasteiger partial charge on any atom is -0.369 e. The van der Waals surface area contributed by atoms with Crippen LogP contribution >= 0.6 is 0 Å². The highest BCUT2D eigenvalue weighted by molar-refractivity contribution is 4.90. The average molecular weight is 157 g/mol. The van der Waals surface area contributed by atoms with Gasteiger partial charge in [-0.15, -0.1) is 0 Å². The third kappa shape index (κ3) is 7.15. The summed E-state index contributed by atoms with van der Waals surface area (Å²) in [5, 5.41) is 10.6. The van der Waals surface area contributed by atoms with E-state index in [1.807, 2.05) is 19.9 Å². The van der Waals surface area contributed by atoms with Gasteiger partial charge in [0, 0.05) is 7.11 Å². The summed E-state index contributed by atoms with van der Waals surface area (Å²) in [5.74, 6) is 0. The highest BCUT2D eigenvalue weighted by Gasteiger charge is 1.80. The molecule has 0 aliphatic carbocycles. The molecule has 0 saturated carbocycles. The second-order valence-corrected chi connectivity index (χ2v) is 2.01. The molecule has 11 heavy (non-hydrogen) atoms. The zero-order chi connectivity index (χ0) is 8.53. The van der Waals surface area contributed by atoms with Gasteiger partial charge in [-0.3, -0.25) is 5.32 Å². The minimum absolute atomic E-state index is 0.499. The Bertz CT molecular complexity index is 143. The summed E-state index contributed by atoms with van der Waals surface area (Å²) >= 11 is 0. The Hall–Kier alpha value is -0.740. The molecule has 0 radical (unpaired) electrons. The van der Waals surface area contributed by atoms with Crippen molar-refractivity contribution in [2.75, 3.05) is 20.5 Å². The standard InChI is InChI=1S/C7H15N3O/c1-4-7(2)10-9-5-8-6-11-3/h4,8H,5-6H2,1-3H3/b7-4-,10-9-. The number of ether oxygens (including phenoxy) is 1.